The van der Waals surface area contributed by atoms with Crippen LogP contribution in [0.15, 0.2) is 39.8 Å². The number of fused-ring (bicyclic) bond motifs is 1. The summed E-state index contributed by atoms with van der Waals surface area (Å²) in [7, 11) is 0. The summed E-state index contributed by atoms with van der Waals surface area (Å²) in [6.45, 7) is 1.79. The van der Waals surface area contributed by atoms with Gasteiger partial charge in [-0.05, 0) is 44.1 Å². The molecule has 4 aromatic rings. The molecule has 0 atom stereocenters. The largest absolute Gasteiger partial charge is 0.333 e. The Morgan fingerprint density at radius 3 is 2.86 bits per heavy atom. The van der Waals surface area contributed by atoms with E-state index < -0.39 is 5.82 Å². The second-order valence-corrected chi connectivity index (χ2v) is 7.39. The van der Waals surface area contributed by atoms with E-state index in [0.717, 1.165) is 31.6 Å². The Morgan fingerprint density at radius 1 is 1.21 bits per heavy atom. The molecule has 1 aliphatic rings. The minimum atomic E-state index is -0.511. The quantitative estimate of drug-likeness (QED) is 0.534. The van der Waals surface area contributed by atoms with Gasteiger partial charge in [-0.3, -0.25) is 4.79 Å². The molecule has 2 N–H and O–H groups in total. The van der Waals surface area contributed by atoms with Crippen LogP contribution in [-0.2, 0) is 0 Å². The third-order valence-corrected chi connectivity index (χ3v) is 5.35. The topological polar surface area (TPSA) is 101 Å². The van der Waals surface area contributed by atoms with Crippen LogP contribution in [0.3, 0.4) is 0 Å². The Kier molecular flexibility index (Phi) is 4.40. The number of nitrogens with zero attached hydrogens (tertiary/aromatic N) is 4. The van der Waals surface area contributed by atoms with Crippen molar-refractivity contribution in [3.05, 3.63) is 57.3 Å². The van der Waals surface area contributed by atoms with E-state index in [1.807, 2.05) is 0 Å². The molecule has 1 aliphatic heterocycles. The lowest BCUT2D eigenvalue weighted by Crippen LogP contribution is -2.28. The van der Waals surface area contributed by atoms with Gasteiger partial charge in [0.1, 0.15) is 17.0 Å². The number of benzene rings is 1. The van der Waals surface area contributed by atoms with Crippen molar-refractivity contribution in [3.8, 4) is 22.8 Å². The summed E-state index contributed by atoms with van der Waals surface area (Å²) in [6, 6.07) is 5.70. The second kappa shape index (κ2) is 7.09. The molecule has 0 saturated carbocycles. The average molecular weight is 415 g/mol. The molecule has 0 spiro atoms. The first-order valence-corrected chi connectivity index (χ1v) is 9.59. The van der Waals surface area contributed by atoms with Crippen LogP contribution < -0.4 is 10.9 Å². The van der Waals surface area contributed by atoms with Crippen molar-refractivity contribution in [2.45, 2.75) is 18.8 Å². The van der Waals surface area contributed by atoms with Crippen molar-refractivity contribution in [2.75, 3.05) is 13.1 Å². The number of aromatic nitrogens is 5. The molecule has 1 saturated heterocycles. The standard InChI is InChI=1S/C19H16ClFN6O2/c20-11-1-2-14(21)12(7-11)17-25-19(29-26-17)13-9-23-27-15(8-16(28)24-18(13)27)10-3-5-22-6-4-10/h1-2,7-10,22H,3-6H2,(H,24,28). The number of piperidine rings is 1. The first-order valence-electron chi connectivity index (χ1n) is 9.21. The molecule has 0 aliphatic carbocycles. The highest BCUT2D eigenvalue weighted by Crippen LogP contribution is 2.30. The van der Waals surface area contributed by atoms with Gasteiger partial charge in [0.25, 0.3) is 11.4 Å². The van der Waals surface area contributed by atoms with Gasteiger partial charge in [-0.15, -0.1) is 0 Å². The maximum atomic E-state index is 14.1. The van der Waals surface area contributed by atoms with Crippen molar-refractivity contribution in [2.24, 2.45) is 0 Å². The van der Waals surface area contributed by atoms with E-state index in [1.54, 1.807) is 16.8 Å². The van der Waals surface area contributed by atoms with Gasteiger partial charge in [-0.2, -0.15) is 10.1 Å². The first-order chi connectivity index (χ1) is 14.1. The van der Waals surface area contributed by atoms with E-state index in [9.17, 15) is 9.18 Å². The maximum absolute atomic E-state index is 14.1. The van der Waals surface area contributed by atoms with Gasteiger partial charge < -0.3 is 14.8 Å². The van der Waals surface area contributed by atoms with Crippen molar-refractivity contribution in [1.82, 2.24) is 30.1 Å². The van der Waals surface area contributed by atoms with Crippen LogP contribution in [0.1, 0.15) is 24.5 Å². The van der Waals surface area contributed by atoms with Gasteiger partial charge in [0.05, 0.1) is 17.5 Å². The predicted molar refractivity (Wildman–Crippen MR) is 104 cm³/mol. The summed E-state index contributed by atoms with van der Waals surface area (Å²) in [5.74, 6) is -0.0838. The maximum Gasteiger partial charge on any atom is 0.263 e. The van der Waals surface area contributed by atoms with E-state index in [0.29, 0.717) is 16.2 Å². The van der Waals surface area contributed by atoms with Gasteiger partial charge in [0.2, 0.25) is 5.82 Å². The van der Waals surface area contributed by atoms with Crippen molar-refractivity contribution in [1.29, 1.82) is 0 Å². The minimum absolute atomic E-state index is 0.0659. The van der Waals surface area contributed by atoms with Crippen LogP contribution in [0.2, 0.25) is 5.02 Å². The van der Waals surface area contributed by atoms with Crippen LogP contribution >= 0.6 is 11.6 Å². The Hall–Kier alpha value is -3.04. The van der Waals surface area contributed by atoms with Gasteiger partial charge in [0, 0.05) is 17.0 Å². The van der Waals surface area contributed by atoms with E-state index in [-0.39, 0.29) is 28.8 Å². The lowest BCUT2D eigenvalue weighted by molar-refractivity contribution is 0.432. The fraction of sp³-hybridized carbons (Fsp3) is 0.263. The molecule has 1 aromatic carbocycles. The Balaban J connectivity index is 1.60. The molecule has 10 heteroatoms. The number of halogens is 2. The van der Waals surface area contributed by atoms with Crippen molar-refractivity contribution in [3.63, 3.8) is 0 Å². The summed E-state index contributed by atoms with van der Waals surface area (Å²) >= 11 is 5.95. The van der Waals surface area contributed by atoms with Crippen molar-refractivity contribution >= 4 is 17.2 Å². The fourth-order valence-electron chi connectivity index (χ4n) is 3.69. The van der Waals surface area contributed by atoms with Crippen LogP contribution in [-0.4, -0.2) is 37.8 Å². The zero-order valence-electron chi connectivity index (χ0n) is 15.2. The molecular formula is C19H16ClFN6O2. The van der Waals surface area contributed by atoms with Crippen molar-refractivity contribution < 1.29 is 8.91 Å². The SMILES string of the molecule is O=c1cc(C2CCNCC2)n2ncc(-c3nc(-c4cc(Cl)ccc4F)no3)c2[nH]1. The van der Waals surface area contributed by atoms with E-state index in [4.69, 9.17) is 16.1 Å². The molecule has 0 bridgehead atoms. The summed E-state index contributed by atoms with van der Waals surface area (Å²) in [5.41, 5.74) is 1.69. The molecule has 5 rings (SSSR count). The third kappa shape index (κ3) is 3.22. The van der Waals surface area contributed by atoms with Gasteiger partial charge in [0.15, 0.2) is 0 Å². The zero-order chi connectivity index (χ0) is 20.0. The molecule has 148 valence electrons. The summed E-state index contributed by atoms with van der Waals surface area (Å²) in [5, 5.41) is 12.0. The molecule has 0 amide bonds. The smallest absolute Gasteiger partial charge is 0.263 e. The van der Waals surface area contributed by atoms with Crippen LogP contribution in [0.25, 0.3) is 28.5 Å². The van der Waals surface area contributed by atoms with Crippen LogP contribution in [0, 0.1) is 5.82 Å². The summed E-state index contributed by atoms with van der Waals surface area (Å²) < 4.78 is 21.2. The number of H-pyrrole nitrogens is 1. The lowest BCUT2D eigenvalue weighted by Gasteiger charge is -2.23. The van der Waals surface area contributed by atoms with E-state index in [2.05, 4.69) is 25.5 Å². The molecular weight excluding hydrogens is 399 g/mol. The monoisotopic (exact) mass is 414 g/mol. The highest BCUT2D eigenvalue weighted by Gasteiger charge is 2.23. The van der Waals surface area contributed by atoms with Crippen LogP contribution in [0.5, 0.6) is 0 Å². The van der Waals surface area contributed by atoms with Gasteiger partial charge >= 0.3 is 0 Å². The Labute approximate surface area is 168 Å². The molecule has 1 fully saturated rings. The normalized spacial score (nSPS) is 15.2. The summed E-state index contributed by atoms with van der Waals surface area (Å²) in [6.07, 6.45) is 3.40. The summed E-state index contributed by atoms with van der Waals surface area (Å²) in [4.78, 5) is 19.4. The number of rotatable bonds is 3. The predicted octanol–water partition coefficient (Wildman–Crippen LogP) is 3.00. The minimum Gasteiger partial charge on any atom is -0.333 e. The van der Waals surface area contributed by atoms with Gasteiger partial charge in [-0.1, -0.05) is 16.8 Å². The van der Waals surface area contributed by atoms with Crippen LogP contribution in [0.4, 0.5) is 4.39 Å². The molecule has 0 radical (unpaired) electrons. The number of hydrogen-bond acceptors (Lipinski definition) is 6. The van der Waals surface area contributed by atoms with Gasteiger partial charge in [-0.25, -0.2) is 8.91 Å². The second-order valence-electron chi connectivity index (χ2n) is 6.95. The molecule has 3 aromatic heterocycles. The first kappa shape index (κ1) is 18.0. The number of nitrogens with one attached hydrogen (secondary N) is 2. The fourth-order valence-corrected chi connectivity index (χ4v) is 3.86. The molecule has 8 nitrogen and oxygen atoms in total. The van der Waals surface area contributed by atoms with E-state index in [1.165, 1.54) is 18.2 Å². The lowest BCUT2D eigenvalue weighted by atomic mass is 9.94. The third-order valence-electron chi connectivity index (χ3n) is 5.12. The number of hydrogen-bond donors (Lipinski definition) is 2. The highest BCUT2D eigenvalue weighted by molar-refractivity contribution is 6.30. The molecule has 0 unspecified atom stereocenters. The Bertz CT molecular complexity index is 1260. The average Bonchev–Trinajstić information content (AvgIpc) is 3.37. The van der Waals surface area contributed by atoms with E-state index >= 15 is 0 Å². The molecule has 4 heterocycles. The zero-order valence-corrected chi connectivity index (χ0v) is 15.9. The highest BCUT2D eigenvalue weighted by atomic mass is 35.5. The number of aromatic amines is 1. The molecule has 29 heavy (non-hydrogen) atoms. The Morgan fingerprint density at radius 2 is 2.03 bits per heavy atom.